The molecule has 122 valence electrons. The van der Waals surface area contributed by atoms with Gasteiger partial charge in [-0.15, -0.1) is 0 Å². The molecule has 3 rings (SSSR count). The lowest BCUT2D eigenvalue weighted by Gasteiger charge is -2.29. The normalized spacial score (nSPS) is 15.0. The van der Waals surface area contributed by atoms with Gasteiger partial charge in [-0.05, 0) is 37.9 Å². The summed E-state index contributed by atoms with van der Waals surface area (Å²) in [6.07, 6.45) is 2.16. The van der Waals surface area contributed by atoms with Crippen LogP contribution >= 0.6 is 0 Å². The Kier molecular flexibility index (Phi) is 4.71. The van der Waals surface area contributed by atoms with Gasteiger partial charge in [-0.25, -0.2) is 14.4 Å². The highest BCUT2D eigenvalue weighted by atomic mass is 19.1. The van der Waals surface area contributed by atoms with Crippen molar-refractivity contribution >= 4 is 0 Å². The number of fused-ring (bicyclic) bond motifs is 1. The van der Waals surface area contributed by atoms with Crippen molar-refractivity contribution in [1.29, 1.82) is 0 Å². The first-order chi connectivity index (χ1) is 11.0. The standard InChI is InChI=1S/C19H24FN3/c1-13(2)7-9-23-10-8-18-17(12-23)14(3)21-19(22-18)15-5-4-6-16(20)11-15/h4-6,11,13H,7-10,12H2,1-3H3. The van der Waals surface area contributed by atoms with Gasteiger partial charge in [0.15, 0.2) is 5.82 Å². The van der Waals surface area contributed by atoms with Crippen molar-refractivity contribution in [3.63, 3.8) is 0 Å². The molecule has 0 unspecified atom stereocenters. The second-order valence-corrected chi connectivity index (χ2v) is 6.78. The minimum Gasteiger partial charge on any atom is -0.299 e. The average Bonchev–Trinajstić information content (AvgIpc) is 2.53. The smallest absolute Gasteiger partial charge is 0.159 e. The van der Waals surface area contributed by atoms with E-state index in [9.17, 15) is 4.39 Å². The van der Waals surface area contributed by atoms with Crippen LogP contribution in [0.15, 0.2) is 24.3 Å². The van der Waals surface area contributed by atoms with Gasteiger partial charge in [0.05, 0.1) is 5.69 Å². The number of benzene rings is 1. The summed E-state index contributed by atoms with van der Waals surface area (Å²) in [4.78, 5) is 11.8. The second-order valence-electron chi connectivity index (χ2n) is 6.78. The molecular weight excluding hydrogens is 289 g/mol. The number of aryl methyl sites for hydroxylation is 1. The van der Waals surface area contributed by atoms with Crippen LogP contribution in [0.2, 0.25) is 0 Å². The third kappa shape index (κ3) is 3.75. The molecule has 0 aliphatic carbocycles. The lowest BCUT2D eigenvalue weighted by Crippen LogP contribution is -2.33. The van der Waals surface area contributed by atoms with E-state index in [1.54, 1.807) is 6.07 Å². The zero-order valence-corrected chi connectivity index (χ0v) is 14.1. The molecule has 0 fully saturated rings. The van der Waals surface area contributed by atoms with Crippen LogP contribution in [0, 0.1) is 18.7 Å². The Labute approximate surface area is 137 Å². The van der Waals surface area contributed by atoms with Gasteiger partial charge in [0.25, 0.3) is 0 Å². The van der Waals surface area contributed by atoms with Crippen molar-refractivity contribution in [2.24, 2.45) is 5.92 Å². The fourth-order valence-corrected chi connectivity index (χ4v) is 3.02. The molecule has 1 aromatic carbocycles. The largest absolute Gasteiger partial charge is 0.299 e. The van der Waals surface area contributed by atoms with Gasteiger partial charge in [0, 0.05) is 36.3 Å². The van der Waals surface area contributed by atoms with Crippen LogP contribution < -0.4 is 0 Å². The summed E-state index contributed by atoms with van der Waals surface area (Å²) in [7, 11) is 0. The van der Waals surface area contributed by atoms with Gasteiger partial charge in [0.2, 0.25) is 0 Å². The molecule has 2 aromatic rings. The molecule has 0 saturated heterocycles. The van der Waals surface area contributed by atoms with E-state index in [1.165, 1.54) is 24.1 Å². The number of nitrogens with zero attached hydrogens (tertiary/aromatic N) is 3. The zero-order chi connectivity index (χ0) is 16.4. The Hall–Kier alpha value is -1.81. The van der Waals surface area contributed by atoms with Crippen LogP contribution in [0.1, 0.15) is 37.2 Å². The maximum Gasteiger partial charge on any atom is 0.159 e. The van der Waals surface area contributed by atoms with Crippen LogP contribution in [0.4, 0.5) is 4.39 Å². The molecule has 2 heterocycles. The van der Waals surface area contributed by atoms with Crippen molar-refractivity contribution < 1.29 is 4.39 Å². The predicted molar refractivity (Wildman–Crippen MR) is 90.6 cm³/mol. The molecule has 0 N–H and O–H groups in total. The molecule has 4 heteroatoms. The molecule has 0 bridgehead atoms. The van der Waals surface area contributed by atoms with E-state index in [2.05, 4.69) is 23.7 Å². The third-order valence-electron chi connectivity index (χ3n) is 4.45. The topological polar surface area (TPSA) is 29.0 Å². The first-order valence-electron chi connectivity index (χ1n) is 8.37. The molecular formula is C19H24FN3. The predicted octanol–water partition coefficient (Wildman–Crippen LogP) is 4.00. The van der Waals surface area contributed by atoms with Crippen molar-refractivity contribution in [3.8, 4) is 11.4 Å². The maximum atomic E-state index is 13.4. The van der Waals surface area contributed by atoms with Crippen molar-refractivity contribution in [2.75, 3.05) is 13.1 Å². The number of rotatable bonds is 4. The molecule has 0 radical (unpaired) electrons. The molecule has 1 aliphatic heterocycles. The van der Waals surface area contributed by atoms with Crippen LogP contribution in [-0.2, 0) is 13.0 Å². The fourth-order valence-electron chi connectivity index (χ4n) is 3.02. The van der Waals surface area contributed by atoms with E-state index in [0.29, 0.717) is 5.82 Å². The Morgan fingerprint density at radius 2 is 2.09 bits per heavy atom. The minimum atomic E-state index is -0.249. The van der Waals surface area contributed by atoms with Crippen LogP contribution in [-0.4, -0.2) is 28.0 Å². The summed E-state index contributed by atoms with van der Waals surface area (Å²) in [6.45, 7) is 9.66. The monoisotopic (exact) mass is 313 g/mol. The van der Waals surface area contributed by atoms with Gasteiger partial charge in [-0.3, -0.25) is 4.90 Å². The minimum absolute atomic E-state index is 0.249. The summed E-state index contributed by atoms with van der Waals surface area (Å²) < 4.78 is 13.4. The van der Waals surface area contributed by atoms with Crippen molar-refractivity contribution in [2.45, 2.75) is 40.2 Å². The molecule has 0 spiro atoms. The van der Waals surface area contributed by atoms with E-state index >= 15 is 0 Å². The molecule has 23 heavy (non-hydrogen) atoms. The average molecular weight is 313 g/mol. The van der Waals surface area contributed by atoms with E-state index in [1.807, 2.05) is 13.0 Å². The van der Waals surface area contributed by atoms with Gasteiger partial charge >= 0.3 is 0 Å². The van der Waals surface area contributed by atoms with Gasteiger partial charge in [-0.2, -0.15) is 0 Å². The first kappa shape index (κ1) is 16.1. The van der Waals surface area contributed by atoms with Gasteiger partial charge < -0.3 is 0 Å². The number of aromatic nitrogens is 2. The summed E-state index contributed by atoms with van der Waals surface area (Å²) >= 11 is 0. The van der Waals surface area contributed by atoms with Crippen LogP contribution in [0.3, 0.4) is 0 Å². The van der Waals surface area contributed by atoms with Crippen molar-refractivity contribution in [1.82, 2.24) is 14.9 Å². The SMILES string of the molecule is Cc1nc(-c2cccc(F)c2)nc2c1CN(CCC(C)C)CC2. The Morgan fingerprint density at radius 3 is 2.83 bits per heavy atom. The molecule has 3 nitrogen and oxygen atoms in total. The fraction of sp³-hybridized carbons (Fsp3) is 0.474. The maximum absolute atomic E-state index is 13.4. The van der Waals surface area contributed by atoms with Gasteiger partial charge in [0.1, 0.15) is 5.82 Å². The summed E-state index contributed by atoms with van der Waals surface area (Å²) in [5.74, 6) is 1.11. The number of halogens is 1. The van der Waals surface area contributed by atoms with E-state index in [4.69, 9.17) is 4.98 Å². The molecule has 1 aliphatic rings. The van der Waals surface area contributed by atoms with Crippen molar-refractivity contribution in [3.05, 3.63) is 47.0 Å². The highest BCUT2D eigenvalue weighted by Gasteiger charge is 2.21. The highest BCUT2D eigenvalue weighted by Crippen LogP contribution is 2.24. The lowest BCUT2D eigenvalue weighted by molar-refractivity contribution is 0.236. The van der Waals surface area contributed by atoms with E-state index in [-0.39, 0.29) is 5.82 Å². The summed E-state index contributed by atoms with van der Waals surface area (Å²) in [5, 5.41) is 0. The third-order valence-corrected chi connectivity index (χ3v) is 4.45. The van der Waals surface area contributed by atoms with Gasteiger partial charge in [-0.1, -0.05) is 26.0 Å². The van der Waals surface area contributed by atoms with Crippen LogP contribution in [0.25, 0.3) is 11.4 Å². The molecule has 0 amide bonds. The zero-order valence-electron chi connectivity index (χ0n) is 14.1. The molecule has 0 atom stereocenters. The van der Waals surface area contributed by atoms with Crippen LogP contribution in [0.5, 0.6) is 0 Å². The van der Waals surface area contributed by atoms with E-state index in [0.717, 1.165) is 48.9 Å². The summed E-state index contributed by atoms with van der Waals surface area (Å²) in [6, 6.07) is 6.51. The highest BCUT2D eigenvalue weighted by molar-refractivity contribution is 5.56. The lowest BCUT2D eigenvalue weighted by atomic mass is 10.0. The summed E-state index contributed by atoms with van der Waals surface area (Å²) in [5.41, 5.74) is 4.14. The second kappa shape index (κ2) is 6.75. The molecule has 1 aromatic heterocycles. The Balaban J connectivity index is 1.84. The number of hydrogen-bond donors (Lipinski definition) is 0. The molecule has 0 saturated carbocycles. The quantitative estimate of drug-likeness (QED) is 0.854. The first-order valence-corrected chi connectivity index (χ1v) is 8.37. The number of hydrogen-bond acceptors (Lipinski definition) is 3. The Morgan fingerprint density at radius 1 is 1.26 bits per heavy atom. The van der Waals surface area contributed by atoms with E-state index < -0.39 is 0 Å². The Bertz CT molecular complexity index is 697.